The highest BCUT2D eigenvalue weighted by Crippen LogP contribution is 2.23. The van der Waals surface area contributed by atoms with Crippen LogP contribution in [0.5, 0.6) is 5.75 Å². The van der Waals surface area contributed by atoms with E-state index in [0.717, 1.165) is 5.56 Å². The second kappa shape index (κ2) is 5.92. The first-order valence-corrected chi connectivity index (χ1v) is 7.68. The van der Waals surface area contributed by atoms with Crippen LogP contribution in [0.15, 0.2) is 47.5 Å². The van der Waals surface area contributed by atoms with Gasteiger partial charge in [-0.25, -0.2) is 13.4 Å². The van der Waals surface area contributed by atoms with E-state index in [9.17, 15) is 8.42 Å². The van der Waals surface area contributed by atoms with Gasteiger partial charge >= 0.3 is 0 Å². The first-order chi connectivity index (χ1) is 9.53. The molecular weight excluding hydrogens is 276 g/mol. The highest BCUT2D eigenvalue weighted by Gasteiger charge is 2.16. The molecule has 0 aliphatic carbocycles. The summed E-state index contributed by atoms with van der Waals surface area (Å²) in [5.41, 5.74) is 0.774. The van der Waals surface area contributed by atoms with Crippen LogP contribution in [-0.2, 0) is 10.0 Å². The molecule has 0 aliphatic heterocycles. The summed E-state index contributed by atoms with van der Waals surface area (Å²) in [7, 11) is -3.64. The Kier molecular flexibility index (Phi) is 4.24. The van der Waals surface area contributed by atoms with E-state index in [1.807, 2.05) is 13.8 Å². The molecule has 0 unspecified atom stereocenters. The molecule has 1 N–H and O–H groups in total. The van der Waals surface area contributed by atoms with Crippen molar-refractivity contribution >= 4 is 15.8 Å². The van der Waals surface area contributed by atoms with Crippen molar-refractivity contribution in [3.05, 3.63) is 48.2 Å². The van der Waals surface area contributed by atoms with Gasteiger partial charge in [-0.15, -0.1) is 0 Å². The van der Waals surface area contributed by atoms with Crippen LogP contribution in [0.3, 0.4) is 0 Å². The number of anilines is 1. The molecule has 0 saturated heterocycles. The van der Waals surface area contributed by atoms with Gasteiger partial charge < -0.3 is 4.74 Å². The summed E-state index contributed by atoms with van der Waals surface area (Å²) < 4.78 is 32.3. The molecule has 0 amide bonds. The molecule has 106 valence electrons. The number of sulfonamides is 1. The number of hydrogen-bond donors (Lipinski definition) is 1. The fourth-order valence-corrected chi connectivity index (χ4v) is 2.82. The molecule has 5 nitrogen and oxygen atoms in total. The first-order valence-electron chi connectivity index (χ1n) is 6.20. The van der Waals surface area contributed by atoms with Gasteiger partial charge in [-0.2, -0.15) is 0 Å². The topological polar surface area (TPSA) is 68.3 Å². The smallest absolute Gasteiger partial charge is 0.263 e. The van der Waals surface area contributed by atoms with Crippen molar-refractivity contribution in [2.75, 3.05) is 11.3 Å². The van der Waals surface area contributed by atoms with Crippen molar-refractivity contribution in [1.29, 1.82) is 0 Å². The molecule has 20 heavy (non-hydrogen) atoms. The Morgan fingerprint density at radius 1 is 1.25 bits per heavy atom. The van der Waals surface area contributed by atoms with Gasteiger partial charge in [0.15, 0.2) is 0 Å². The molecule has 0 saturated carbocycles. The lowest BCUT2D eigenvalue weighted by Crippen LogP contribution is -2.14. The van der Waals surface area contributed by atoms with E-state index < -0.39 is 10.0 Å². The lowest BCUT2D eigenvalue weighted by atomic mass is 10.2. The third-order valence-electron chi connectivity index (χ3n) is 2.66. The average Bonchev–Trinajstić information content (AvgIpc) is 2.42. The molecule has 0 radical (unpaired) electrons. The molecule has 2 rings (SSSR count). The Labute approximate surface area is 118 Å². The monoisotopic (exact) mass is 292 g/mol. The maximum atomic E-state index is 12.2. The van der Waals surface area contributed by atoms with Gasteiger partial charge in [0.25, 0.3) is 10.0 Å². The van der Waals surface area contributed by atoms with Crippen molar-refractivity contribution < 1.29 is 13.2 Å². The van der Waals surface area contributed by atoms with Gasteiger partial charge in [0.2, 0.25) is 0 Å². The van der Waals surface area contributed by atoms with E-state index in [-0.39, 0.29) is 4.90 Å². The fraction of sp³-hybridized carbons (Fsp3) is 0.214. The van der Waals surface area contributed by atoms with Crippen LogP contribution in [0, 0.1) is 6.92 Å². The van der Waals surface area contributed by atoms with Crippen LogP contribution >= 0.6 is 0 Å². The van der Waals surface area contributed by atoms with Crippen molar-refractivity contribution in [3.63, 3.8) is 0 Å². The predicted octanol–water partition coefficient (Wildman–Crippen LogP) is 2.59. The first kappa shape index (κ1) is 14.3. The van der Waals surface area contributed by atoms with Gasteiger partial charge in [0, 0.05) is 6.20 Å². The summed E-state index contributed by atoms with van der Waals surface area (Å²) in [5.74, 6) is 0.975. The van der Waals surface area contributed by atoms with E-state index in [1.165, 1.54) is 12.3 Å². The molecule has 1 aromatic heterocycles. The van der Waals surface area contributed by atoms with E-state index in [0.29, 0.717) is 18.2 Å². The van der Waals surface area contributed by atoms with Crippen LogP contribution in [-0.4, -0.2) is 20.0 Å². The highest BCUT2D eigenvalue weighted by atomic mass is 32.2. The minimum Gasteiger partial charge on any atom is -0.494 e. The minimum atomic E-state index is -3.64. The summed E-state index contributed by atoms with van der Waals surface area (Å²) in [6.45, 7) is 4.23. The summed E-state index contributed by atoms with van der Waals surface area (Å²) in [6.07, 6.45) is 1.53. The molecule has 1 heterocycles. The van der Waals surface area contributed by atoms with Gasteiger partial charge in [-0.05, 0) is 49.7 Å². The second-order valence-corrected chi connectivity index (χ2v) is 5.86. The third-order valence-corrected chi connectivity index (χ3v) is 4.01. The van der Waals surface area contributed by atoms with Crippen molar-refractivity contribution in [3.8, 4) is 5.75 Å². The molecule has 0 bridgehead atoms. The highest BCUT2D eigenvalue weighted by molar-refractivity contribution is 7.92. The summed E-state index contributed by atoms with van der Waals surface area (Å²) in [4.78, 5) is 4.13. The maximum absolute atomic E-state index is 12.2. The second-order valence-electron chi connectivity index (χ2n) is 4.18. The number of nitrogens with zero attached hydrogens (tertiary/aromatic N) is 1. The SMILES string of the molecule is CCOc1ccc(S(=O)(=O)Nc2ccccn2)cc1C. The molecule has 0 spiro atoms. The molecule has 2 aromatic rings. The van der Waals surface area contributed by atoms with Crippen molar-refractivity contribution in [2.24, 2.45) is 0 Å². The fourth-order valence-electron chi connectivity index (χ4n) is 1.73. The average molecular weight is 292 g/mol. The third kappa shape index (κ3) is 3.27. The van der Waals surface area contributed by atoms with E-state index in [4.69, 9.17) is 4.74 Å². The number of pyridine rings is 1. The number of ether oxygens (including phenoxy) is 1. The van der Waals surface area contributed by atoms with Crippen LogP contribution < -0.4 is 9.46 Å². The van der Waals surface area contributed by atoms with E-state index >= 15 is 0 Å². The normalized spacial score (nSPS) is 11.1. The summed E-state index contributed by atoms with van der Waals surface area (Å²) >= 11 is 0. The Morgan fingerprint density at radius 3 is 2.65 bits per heavy atom. The molecule has 0 atom stereocenters. The number of aromatic nitrogens is 1. The lowest BCUT2D eigenvalue weighted by molar-refractivity contribution is 0.337. The molecule has 6 heteroatoms. The minimum absolute atomic E-state index is 0.184. The molecule has 1 aromatic carbocycles. The van der Waals surface area contributed by atoms with E-state index in [2.05, 4.69) is 9.71 Å². The number of nitrogens with one attached hydrogen (secondary N) is 1. The van der Waals surface area contributed by atoms with Gasteiger partial charge in [0.1, 0.15) is 11.6 Å². The number of aryl methyl sites for hydroxylation is 1. The quantitative estimate of drug-likeness (QED) is 0.919. The number of rotatable bonds is 5. The lowest BCUT2D eigenvalue weighted by Gasteiger charge is -2.10. The molecule has 0 aliphatic rings. The van der Waals surface area contributed by atoms with Crippen LogP contribution in [0.1, 0.15) is 12.5 Å². The van der Waals surface area contributed by atoms with Crippen LogP contribution in [0.2, 0.25) is 0 Å². The Morgan fingerprint density at radius 2 is 2.05 bits per heavy atom. The number of hydrogen-bond acceptors (Lipinski definition) is 4. The van der Waals surface area contributed by atoms with Gasteiger partial charge in [0.05, 0.1) is 11.5 Å². The Hall–Kier alpha value is -2.08. The van der Waals surface area contributed by atoms with Crippen molar-refractivity contribution in [2.45, 2.75) is 18.7 Å². The maximum Gasteiger partial charge on any atom is 0.263 e. The van der Waals surface area contributed by atoms with Crippen molar-refractivity contribution in [1.82, 2.24) is 4.98 Å². The molecule has 0 fully saturated rings. The van der Waals surface area contributed by atoms with Gasteiger partial charge in [-0.3, -0.25) is 4.72 Å². The molecular formula is C14H16N2O3S. The Bertz CT molecular complexity index is 685. The summed E-state index contributed by atoms with van der Waals surface area (Å²) in [6, 6.07) is 9.79. The van der Waals surface area contributed by atoms with Crippen LogP contribution in [0.25, 0.3) is 0 Å². The zero-order chi connectivity index (χ0) is 14.6. The predicted molar refractivity (Wildman–Crippen MR) is 77.4 cm³/mol. The van der Waals surface area contributed by atoms with E-state index in [1.54, 1.807) is 30.3 Å². The Balaban J connectivity index is 2.28. The zero-order valence-electron chi connectivity index (χ0n) is 11.3. The zero-order valence-corrected chi connectivity index (χ0v) is 12.1. The van der Waals surface area contributed by atoms with Gasteiger partial charge in [-0.1, -0.05) is 6.07 Å². The summed E-state index contributed by atoms with van der Waals surface area (Å²) in [5, 5.41) is 0. The standard InChI is InChI=1S/C14H16N2O3S/c1-3-19-13-8-7-12(10-11(13)2)20(17,18)16-14-6-4-5-9-15-14/h4-10H,3H2,1-2H3,(H,15,16). The van der Waals surface area contributed by atoms with Crippen LogP contribution in [0.4, 0.5) is 5.82 Å². The number of benzene rings is 1. The largest absolute Gasteiger partial charge is 0.494 e.